The van der Waals surface area contributed by atoms with Crippen molar-refractivity contribution in [3.8, 4) is 5.75 Å². The number of alkyl halides is 3. The highest BCUT2D eigenvalue weighted by Crippen LogP contribution is 2.45. The van der Waals surface area contributed by atoms with Crippen molar-refractivity contribution in [3.63, 3.8) is 0 Å². The second kappa shape index (κ2) is 10.9. The Hall–Kier alpha value is -2.01. The number of aliphatic imine (C=N–C) groups is 1. The van der Waals surface area contributed by atoms with Crippen LogP contribution in [0.5, 0.6) is 5.75 Å². The third-order valence-electron chi connectivity index (χ3n) is 4.89. The van der Waals surface area contributed by atoms with E-state index in [1.54, 1.807) is 19.2 Å². The largest absolute Gasteiger partial charge is 0.573 e. The predicted octanol–water partition coefficient (Wildman–Crippen LogP) is 4.00. The fourth-order valence-electron chi connectivity index (χ4n) is 3.31. The van der Waals surface area contributed by atoms with Crippen molar-refractivity contribution in [2.24, 2.45) is 4.99 Å². The maximum absolute atomic E-state index is 12.6. The van der Waals surface area contributed by atoms with Gasteiger partial charge in [0.15, 0.2) is 5.96 Å². The Morgan fingerprint density at radius 1 is 1.17 bits per heavy atom. The first-order valence-corrected chi connectivity index (χ1v) is 9.39. The van der Waals surface area contributed by atoms with Gasteiger partial charge < -0.3 is 20.5 Å². The molecule has 3 atom stereocenters. The Balaban J connectivity index is 0.00000320. The van der Waals surface area contributed by atoms with Gasteiger partial charge in [-0.3, -0.25) is 4.99 Å². The molecule has 1 aliphatic carbocycles. The Morgan fingerprint density at radius 2 is 1.83 bits per heavy atom. The van der Waals surface area contributed by atoms with Crippen LogP contribution in [0.4, 0.5) is 13.2 Å². The Bertz CT molecular complexity index is 834. The molecule has 5 nitrogen and oxygen atoms in total. The SMILES string of the molecule is CN=C(NCC(CO)c1ccccc1)NC1CC1c1ccccc1OC(F)(F)F.I. The number of para-hydroxylation sites is 1. The highest BCUT2D eigenvalue weighted by atomic mass is 127. The number of rotatable bonds is 7. The van der Waals surface area contributed by atoms with Crippen LogP contribution in [0.2, 0.25) is 0 Å². The van der Waals surface area contributed by atoms with Crippen LogP contribution in [0.1, 0.15) is 29.4 Å². The van der Waals surface area contributed by atoms with Gasteiger partial charge in [-0.25, -0.2) is 0 Å². The number of nitrogens with zero attached hydrogens (tertiary/aromatic N) is 1. The van der Waals surface area contributed by atoms with E-state index in [0.29, 0.717) is 24.5 Å². The van der Waals surface area contributed by atoms with Crippen molar-refractivity contribution in [2.45, 2.75) is 30.7 Å². The molecular formula is C21H25F3IN3O2. The van der Waals surface area contributed by atoms with E-state index in [9.17, 15) is 18.3 Å². The van der Waals surface area contributed by atoms with Gasteiger partial charge in [0, 0.05) is 31.5 Å². The summed E-state index contributed by atoms with van der Waals surface area (Å²) < 4.78 is 42.0. The third kappa shape index (κ3) is 6.76. The molecule has 0 heterocycles. The summed E-state index contributed by atoms with van der Waals surface area (Å²) in [5.41, 5.74) is 1.54. The van der Waals surface area contributed by atoms with E-state index in [-0.39, 0.29) is 54.2 Å². The molecule has 3 unspecified atom stereocenters. The molecule has 2 aromatic rings. The zero-order valence-electron chi connectivity index (χ0n) is 16.4. The third-order valence-corrected chi connectivity index (χ3v) is 4.89. The molecule has 1 aliphatic rings. The van der Waals surface area contributed by atoms with Gasteiger partial charge in [-0.15, -0.1) is 37.1 Å². The number of aliphatic hydroxyl groups is 1. The van der Waals surface area contributed by atoms with E-state index in [4.69, 9.17) is 0 Å². The molecule has 0 radical (unpaired) electrons. The Kier molecular flexibility index (Phi) is 8.78. The zero-order valence-corrected chi connectivity index (χ0v) is 18.7. The van der Waals surface area contributed by atoms with Crippen molar-refractivity contribution in [1.29, 1.82) is 0 Å². The number of hydrogen-bond acceptors (Lipinski definition) is 3. The minimum atomic E-state index is -4.72. The van der Waals surface area contributed by atoms with E-state index in [1.807, 2.05) is 30.3 Å². The van der Waals surface area contributed by atoms with Crippen molar-refractivity contribution in [1.82, 2.24) is 10.6 Å². The number of guanidine groups is 1. The molecule has 9 heteroatoms. The van der Waals surface area contributed by atoms with Crippen LogP contribution in [0.3, 0.4) is 0 Å². The van der Waals surface area contributed by atoms with Crippen molar-refractivity contribution in [2.75, 3.05) is 20.2 Å². The highest BCUT2D eigenvalue weighted by Gasteiger charge is 2.42. The highest BCUT2D eigenvalue weighted by molar-refractivity contribution is 14.0. The van der Waals surface area contributed by atoms with Crippen LogP contribution in [-0.2, 0) is 0 Å². The van der Waals surface area contributed by atoms with E-state index in [0.717, 1.165) is 5.56 Å². The quantitative estimate of drug-likeness (QED) is 0.285. The minimum Gasteiger partial charge on any atom is -0.405 e. The molecule has 0 amide bonds. The summed E-state index contributed by atoms with van der Waals surface area (Å²) in [6, 6.07) is 15.8. The van der Waals surface area contributed by atoms with Gasteiger partial charge in [0.25, 0.3) is 0 Å². The first-order chi connectivity index (χ1) is 13.9. The predicted molar refractivity (Wildman–Crippen MR) is 120 cm³/mol. The summed E-state index contributed by atoms with van der Waals surface area (Å²) in [6.45, 7) is 0.466. The first-order valence-electron chi connectivity index (χ1n) is 9.39. The van der Waals surface area contributed by atoms with Crippen LogP contribution < -0.4 is 15.4 Å². The second-order valence-corrected chi connectivity index (χ2v) is 6.92. The topological polar surface area (TPSA) is 65.9 Å². The van der Waals surface area contributed by atoms with Crippen LogP contribution in [0.15, 0.2) is 59.6 Å². The molecule has 1 fully saturated rings. The number of halogens is 4. The Morgan fingerprint density at radius 3 is 2.47 bits per heavy atom. The summed E-state index contributed by atoms with van der Waals surface area (Å²) in [7, 11) is 1.63. The lowest BCUT2D eigenvalue weighted by Gasteiger charge is -2.18. The molecular weight excluding hydrogens is 510 g/mol. The summed E-state index contributed by atoms with van der Waals surface area (Å²) in [5, 5.41) is 16.1. The monoisotopic (exact) mass is 535 g/mol. The molecule has 2 aromatic carbocycles. The summed E-state index contributed by atoms with van der Waals surface area (Å²) in [6.07, 6.45) is -4.04. The Labute approximate surface area is 190 Å². The zero-order chi connectivity index (χ0) is 20.9. The lowest BCUT2D eigenvalue weighted by Crippen LogP contribution is -2.41. The minimum absolute atomic E-state index is 0. The summed E-state index contributed by atoms with van der Waals surface area (Å²) >= 11 is 0. The maximum Gasteiger partial charge on any atom is 0.573 e. The molecule has 30 heavy (non-hydrogen) atoms. The fourth-order valence-corrected chi connectivity index (χ4v) is 3.31. The van der Waals surface area contributed by atoms with Crippen LogP contribution >= 0.6 is 24.0 Å². The molecule has 0 aromatic heterocycles. The number of ether oxygens (including phenoxy) is 1. The molecule has 164 valence electrons. The van der Waals surface area contributed by atoms with Crippen molar-refractivity contribution < 1.29 is 23.0 Å². The maximum atomic E-state index is 12.6. The molecule has 0 bridgehead atoms. The lowest BCUT2D eigenvalue weighted by atomic mass is 10.0. The van der Waals surface area contributed by atoms with E-state index < -0.39 is 6.36 Å². The van der Waals surface area contributed by atoms with Gasteiger partial charge in [-0.1, -0.05) is 48.5 Å². The molecule has 3 N–H and O–H groups in total. The average Bonchev–Trinajstić information content (AvgIpc) is 3.46. The smallest absolute Gasteiger partial charge is 0.405 e. The standard InChI is InChI=1S/C21H24F3N3O2.HI/c1-25-20(26-12-15(13-28)14-7-3-2-4-8-14)27-18-11-17(18)16-9-5-6-10-19(16)29-21(22,23)24;/h2-10,15,17-18,28H,11-13H2,1H3,(H2,25,26,27);1H. The van der Waals surface area contributed by atoms with Gasteiger partial charge in [-0.2, -0.15) is 0 Å². The van der Waals surface area contributed by atoms with Gasteiger partial charge in [-0.05, 0) is 23.6 Å². The normalized spacial score (nSPS) is 19.4. The van der Waals surface area contributed by atoms with Gasteiger partial charge in [0.2, 0.25) is 0 Å². The number of benzene rings is 2. The fraction of sp³-hybridized carbons (Fsp3) is 0.381. The van der Waals surface area contributed by atoms with E-state index in [2.05, 4.69) is 20.4 Å². The van der Waals surface area contributed by atoms with Crippen molar-refractivity contribution in [3.05, 3.63) is 65.7 Å². The van der Waals surface area contributed by atoms with E-state index >= 15 is 0 Å². The molecule has 1 saturated carbocycles. The molecule has 3 rings (SSSR count). The van der Waals surface area contributed by atoms with E-state index in [1.165, 1.54) is 12.1 Å². The second-order valence-electron chi connectivity index (χ2n) is 6.92. The average molecular weight is 535 g/mol. The number of nitrogens with one attached hydrogen (secondary N) is 2. The lowest BCUT2D eigenvalue weighted by molar-refractivity contribution is -0.274. The van der Waals surface area contributed by atoms with Crippen LogP contribution in [-0.4, -0.2) is 43.7 Å². The molecule has 0 saturated heterocycles. The molecule has 0 aliphatic heterocycles. The first kappa shape index (κ1) is 24.3. The van der Waals surface area contributed by atoms with Crippen LogP contribution in [0, 0.1) is 0 Å². The van der Waals surface area contributed by atoms with Crippen molar-refractivity contribution >= 4 is 29.9 Å². The van der Waals surface area contributed by atoms with Crippen LogP contribution in [0.25, 0.3) is 0 Å². The molecule has 0 spiro atoms. The number of aliphatic hydroxyl groups excluding tert-OH is 1. The van der Waals surface area contributed by atoms with Gasteiger partial charge in [0.05, 0.1) is 6.61 Å². The number of hydrogen-bond donors (Lipinski definition) is 3. The van der Waals surface area contributed by atoms with Gasteiger partial charge in [0.1, 0.15) is 5.75 Å². The summed E-state index contributed by atoms with van der Waals surface area (Å²) in [5.74, 6) is 0.197. The van der Waals surface area contributed by atoms with Gasteiger partial charge >= 0.3 is 6.36 Å². The summed E-state index contributed by atoms with van der Waals surface area (Å²) in [4.78, 5) is 4.18.